The van der Waals surface area contributed by atoms with Crippen molar-refractivity contribution in [3.8, 4) is 0 Å². The second kappa shape index (κ2) is 12.6. The lowest BCUT2D eigenvalue weighted by molar-refractivity contribution is -0.116. The maximum Gasteiger partial charge on any atom is 0.244 e. The molecule has 0 spiro atoms. The van der Waals surface area contributed by atoms with Crippen LogP contribution in [0.25, 0.3) is 0 Å². The number of carbonyl (C=O) groups excluding carboxylic acids is 1. The van der Waals surface area contributed by atoms with Gasteiger partial charge < -0.3 is 10.1 Å². The first kappa shape index (κ1) is 20.5. The lowest BCUT2D eigenvalue weighted by atomic mass is 10.1. The number of allylic oxidation sites excluding steroid dienone is 6. The molecule has 1 amide bonds. The number of ether oxygens (including phenoxy) is 1. The van der Waals surface area contributed by atoms with Crippen molar-refractivity contribution in [2.45, 2.75) is 90.0 Å². The molecule has 0 aromatic heterocycles. The molecule has 0 unspecified atom stereocenters. The fourth-order valence-corrected chi connectivity index (χ4v) is 2.90. The van der Waals surface area contributed by atoms with Crippen LogP contribution in [0.2, 0.25) is 0 Å². The maximum absolute atomic E-state index is 11.4. The van der Waals surface area contributed by atoms with Crippen molar-refractivity contribution in [1.82, 2.24) is 5.32 Å². The van der Waals surface area contributed by atoms with Crippen molar-refractivity contribution in [3.05, 3.63) is 48.0 Å². The van der Waals surface area contributed by atoms with Gasteiger partial charge in [-0.2, -0.15) is 0 Å². The van der Waals surface area contributed by atoms with E-state index in [1.807, 2.05) is 24.3 Å². The molecule has 3 nitrogen and oxygen atoms in total. The Hall–Kier alpha value is -1.77. The van der Waals surface area contributed by atoms with E-state index in [1.165, 1.54) is 57.8 Å². The third-order valence-corrected chi connectivity index (χ3v) is 4.73. The highest BCUT2D eigenvalue weighted by atomic mass is 16.6. The van der Waals surface area contributed by atoms with Gasteiger partial charge in [0.15, 0.2) is 5.76 Å². The molecule has 1 N–H and O–H groups in total. The topological polar surface area (TPSA) is 41.6 Å². The molecule has 1 aliphatic heterocycles. The van der Waals surface area contributed by atoms with Gasteiger partial charge in [-0.15, -0.1) is 0 Å². The zero-order valence-corrected chi connectivity index (χ0v) is 16.3. The van der Waals surface area contributed by atoms with Crippen LogP contribution in [0.4, 0.5) is 0 Å². The second-order valence-electron chi connectivity index (χ2n) is 7.35. The first-order valence-corrected chi connectivity index (χ1v) is 10.5. The smallest absolute Gasteiger partial charge is 0.244 e. The lowest BCUT2D eigenvalue weighted by Crippen LogP contribution is -2.22. The molecular formula is C23H35NO2. The third kappa shape index (κ3) is 10.3. The summed E-state index contributed by atoms with van der Waals surface area (Å²) in [7, 11) is 0. The van der Waals surface area contributed by atoms with E-state index >= 15 is 0 Å². The number of carbonyl (C=O) groups is 1. The quantitative estimate of drug-likeness (QED) is 0.219. The Labute approximate surface area is 159 Å². The van der Waals surface area contributed by atoms with Gasteiger partial charge in [0.05, 0.1) is 0 Å². The van der Waals surface area contributed by atoms with Gasteiger partial charge in [-0.1, -0.05) is 82.6 Å². The highest BCUT2D eigenvalue weighted by Crippen LogP contribution is 2.32. The summed E-state index contributed by atoms with van der Waals surface area (Å²) in [6.45, 7) is 2.27. The van der Waals surface area contributed by atoms with Crippen LogP contribution < -0.4 is 5.32 Å². The zero-order valence-electron chi connectivity index (χ0n) is 16.3. The van der Waals surface area contributed by atoms with Gasteiger partial charge in [-0.25, -0.2) is 0 Å². The number of unbranched alkanes of at least 4 members (excludes halogenated alkanes) is 8. The second-order valence-corrected chi connectivity index (χ2v) is 7.35. The molecule has 1 heterocycles. The molecule has 1 aliphatic carbocycles. The van der Waals surface area contributed by atoms with Crippen molar-refractivity contribution < 1.29 is 9.53 Å². The Morgan fingerprint density at radius 1 is 0.962 bits per heavy atom. The van der Waals surface area contributed by atoms with Crippen LogP contribution in [0.3, 0.4) is 0 Å². The maximum atomic E-state index is 11.4. The average Bonchev–Trinajstić information content (AvgIpc) is 3.54. The van der Waals surface area contributed by atoms with E-state index in [0.717, 1.165) is 30.8 Å². The summed E-state index contributed by atoms with van der Waals surface area (Å²) >= 11 is 0. The van der Waals surface area contributed by atoms with Crippen LogP contribution in [0.1, 0.15) is 84.0 Å². The number of rotatable bonds is 15. The van der Waals surface area contributed by atoms with Crippen molar-refractivity contribution in [2.24, 2.45) is 0 Å². The normalized spacial score (nSPS) is 16.8. The minimum atomic E-state index is -0.00221. The first-order valence-electron chi connectivity index (χ1n) is 10.5. The van der Waals surface area contributed by atoms with E-state index in [1.54, 1.807) is 12.2 Å². The van der Waals surface area contributed by atoms with Crippen molar-refractivity contribution in [3.63, 3.8) is 0 Å². The minimum absolute atomic E-state index is 0.00221. The molecule has 3 heteroatoms. The molecule has 2 aliphatic rings. The monoisotopic (exact) mass is 357 g/mol. The predicted octanol–water partition coefficient (Wildman–Crippen LogP) is 6.10. The van der Waals surface area contributed by atoms with Gasteiger partial charge in [0.1, 0.15) is 5.76 Å². The molecule has 2 rings (SSSR count). The third-order valence-electron chi connectivity index (χ3n) is 4.73. The Bertz CT molecular complexity index is 538. The molecule has 0 aromatic rings. The van der Waals surface area contributed by atoms with E-state index in [9.17, 15) is 4.79 Å². The Balaban J connectivity index is 1.44. The van der Waals surface area contributed by atoms with Crippen LogP contribution >= 0.6 is 0 Å². The van der Waals surface area contributed by atoms with Gasteiger partial charge in [-0.05, 0) is 25.3 Å². The van der Waals surface area contributed by atoms with Crippen LogP contribution in [-0.4, -0.2) is 11.9 Å². The van der Waals surface area contributed by atoms with Crippen molar-refractivity contribution in [1.29, 1.82) is 0 Å². The van der Waals surface area contributed by atoms with E-state index in [0.29, 0.717) is 6.04 Å². The van der Waals surface area contributed by atoms with E-state index in [2.05, 4.69) is 12.2 Å². The summed E-state index contributed by atoms with van der Waals surface area (Å²) in [5, 5.41) is 2.92. The molecule has 144 valence electrons. The summed E-state index contributed by atoms with van der Waals surface area (Å²) in [6, 6.07) is 0.416. The fourth-order valence-electron chi connectivity index (χ4n) is 2.90. The van der Waals surface area contributed by atoms with E-state index in [-0.39, 0.29) is 5.91 Å². The predicted molar refractivity (Wildman–Crippen MR) is 109 cm³/mol. The van der Waals surface area contributed by atoms with Gasteiger partial charge in [0, 0.05) is 18.5 Å². The molecule has 1 saturated carbocycles. The number of hydrogen-bond donors (Lipinski definition) is 1. The van der Waals surface area contributed by atoms with E-state index in [4.69, 9.17) is 4.74 Å². The average molecular weight is 358 g/mol. The molecule has 0 radical (unpaired) electrons. The summed E-state index contributed by atoms with van der Waals surface area (Å²) in [4.78, 5) is 11.4. The standard InChI is InChI=1S/C23H35NO2/c1-2-3-4-5-6-7-8-9-12-15-21-22(26-21)16-13-10-11-14-17-23(25)24-20-18-19-20/h10-11,13-14,16-17,20H,2-9,12,15,18-19H2,1H3,(H,24,25)/b11-10+,16-13+,17-14+. The van der Waals surface area contributed by atoms with Gasteiger partial charge >= 0.3 is 0 Å². The van der Waals surface area contributed by atoms with Gasteiger partial charge in [0.25, 0.3) is 0 Å². The summed E-state index contributed by atoms with van der Waals surface area (Å²) in [5.41, 5.74) is 0. The Kier molecular flexibility index (Phi) is 9.92. The van der Waals surface area contributed by atoms with E-state index < -0.39 is 0 Å². The SMILES string of the molecule is CCCCCCCCCCCC1=C(/C=C/C=C/C=C/C(=O)NC2CC2)O1. The molecule has 0 saturated heterocycles. The minimum Gasteiger partial charge on any atom is -0.454 e. The molecular weight excluding hydrogens is 322 g/mol. The van der Waals surface area contributed by atoms with Crippen molar-refractivity contribution >= 4 is 5.91 Å². The summed E-state index contributed by atoms with van der Waals surface area (Å²) in [5.74, 6) is 2.17. The van der Waals surface area contributed by atoms with Crippen molar-refractivity contribution in [2.75, 3.05) is 0 Å². The number of amides is 1. The molecule has 0 bridgehead atoms. The highest BCUT2D eigenvalue weighted by molar-refractivity contribution is 5.88. The van der Waals surface area contributed by atoms with Crippen LogP contribution in [-0.2, 0) is 9.53 Å². The zero-order chi connectivity index (χ0) is 18.5. The number of hydrogen-bond acceptors (Lipinski definition) is 2. The molecule has 26 heavy (non-hydrogen) atoms. The van der Waals surface area contributed by atoms with Crippen LogP contribution in [0, 0.1) is 0 Å². The Morgan fingerprint density at radius 3 is 2.31 bits per heavy atom. The van der Waals surface area contributed by atoms with Crippen LogP contribution in [0.15, 0.2) is 48.0 Å². The first-order chi connectivity index (χ1) is 12.8. The summed E-state index contributed by atoms with van der Waals surface area (Å²) in [6.07, 6.45) is 26.6. The molecule has 0 aromatic carbocycles. The largest absolute Gasteiger partial charge is 0.454 e. The van der Waals surface area contributed by atoms with Gasteiger partial charge in [0.2, 0.25) is 5.91 Å². The summed E-state index contributed by atoms with van der Waals surface area (Å²) < 4.78 is 5.51. The number of nitrogens with one attached hydrogen (secondary N) is 1. The Morgan fingerprint density at radius 2 is 1.62 bits per heavy atom. The lowest BCUT2D eigenvalue weighted by Gasteiger charge is -2.00. The highest BCUT2D eigenvalue weighted by Gasteiger charge is 2.22. The fraction of sp³-hybridized carbons (Fsp3) is 0.609. The van der Waals surface area contributed by atoms with Gasteiger partial charge in [-0.3, -0.25) is 4.79 Å². The van der Waals surface area contributed by atoms with Crippen LogP contribution in [0.5, 0.6) is 0 Å². The molecule has 0 atom stereocenters. The molecule has 1 fully saturated rings.